The number of rotatable bonds is 8. The van der Waals surface area contributed by atoms with Crippen LogP contribution in [0, 0.1) is 0 Å². The van der Waals surface area contributed by atoms with E-state index in [1.165, 1.54) is 18.0 Å². The van der Waals surface area contributed by atoms with Crippen LogP contribution >= 0.6 is 15.9 Å². The minimum Gasteiger partial charge on any atom is -0.352 e. The zero-order chi connectivity index (χ0) is 18.3. The summed E-state index contributed by atoms with van der Waals surface area (Å²) < 4.78 is 27.2. The molecule has 0 aliphatic rings. The van der Waals surface area contributed by atoms with E-state index in [4.69, 9.17) is 0 Å². The van der Waals surface area contributed by atoms with E-state index in [9.17, 15) is 18.0 Å². The van der Waals surface area contributed by atoms with Gasteiger partial charge in [-0.25, -0.2) is 13.1 Å². The van der Waals surface area contributed by atoms with Crippen molar-refractivity contribution in [1.82, 2.24) is 14.9 Å². The maximum absolute atomic E-state index is 12.2. The van der Waals surface area contributed by atoms with Crippen molar-refractivity contribution in [3.05, 3.63) is 28.7 Å². The van der Waals surface area contributed by atoms with Gasteiger partial charge in [-0.1, -0.05) is 12.1 Å². The monoisotopic (exact) mass is 419 g/mol. The lowest BCUT2D eigenvalue weighted by atomic mass is 10.3. The Morgan fingerprint density at radius 2 is 1.88 bits per heavy atom. The van der Waals surface area contributed by atoms with Crippen LogP contribution in [0.15, 0.2) is 33.6 Å². The van der Waals surface area contributed by atoms with Crippen molar-refractivity contribution < 1.29 is 18.0 Å². The molecule has 0 bridgehead atoms. The highest BCUT2D eigenvalue weighted by Gasteiger charge is 2.18. The van der Waals surface area contributed by atoms with Gasteiger partial charge in [0.1, 0.15) is 0 Å². The number of carbonyl (C=O) groups excluding carboxylic acids is 2. The predicted molar refractivity (Wildman–Crippen MR) is 94.9 cm³/mol. The number of hydrogen-bond donors (Lipinski definition) is 2. The fourth-order valence-corrected chi connectivity index (χ4v) is 3.93. The van der Waals surface area contributed by atoms with Crippen LogP contribution in [0.5, 0.6) is 0 Å². The molecule has 0 fully saturated rings. The molecule has 24 heavy (non-hydrogen) atoms. The number of amides is 2. The molecule has 9 heteroatoms. The summed E-state index contributed by atoms with van der Waals surface area (Å²) >= 11 is 3.18. The molecule has 1 aromatic carbocycles. The van der Waals surface area contributed by atoms with E-state index in [1.807, 2.05) is 13.8 Å². The molecule has 0 heterocycles. The van der Waals surface area contributed by atoms with Gasteiger partial charge in [0, 0.05) is 30.5 Å². The average molecular weight is 420 g/mol. The lowest BCUT2D eigenvalue weighted by molar-refractivity contribution is -0.134. The molecule has 0 saturated carbocycles. The first-order chi connectivity index (χ1) is 11.1. The van der Waals surface area contributed by atoms with Crippen LogP contribution in [0.25, 0.3) is 0 Å². The Balaban J connectivity index is 2.50. The number of sulfonamides is 1. The normalized spacial score (nSPS) is 11.4. The van der Waals surface area contributed by atoms with Gasteiger partial charge in [0.05, 0.1) is 11.4 Å². The third-order valence-electron chi connectivity index (χ3n) is 3.01. The van der Waals surface area contributed by atoms with E-state index >= 15 is 0 Å². The molecule has 0 radical (unpaired) electrons. The van der Waals surface area contributed by atoms with Crippen LogP contribution in [0.4, 0.5) is 0 Å². The first-order valence-electron chi connectivity index (χ1n) is 7.41. The minimum absolute atomic E-state index is 0.00266. The second kappa shape index (κ2) is 9.14. The molecule has 1 aromatic rings. The first kappa shape index (κ1) is 20.6. The first-order valence-corrected chi connectivity index (χ1v) is 9.68. The number of nitrogens with zero attached hydrogens (tertiary/aromatic N) is 1. The van der Waals surface area contributed by atoms with Crippen LogP contribution in [0.3, 0.4) is 0 Å². The smallest absolute Gasteiger partial charge is 0.241 e. The Labute approximate surface area is 151 Å². The highest BCUT2D eigenvalue weighted by molar-refractivity contribution is 9.10. The van der Waals surface area contributed by atoms with Gasteiger partial charge in [0.15, 0.2) is 0 Å². The highest BCUT2D eigenvalue weighted by Crippen LogP contribution is 2.20. The molecular formula is C15H22BrN3O4S. The molecule has 0 unspecified atom stereocenters. The predicted octanol–water partition coefficient (Wildman–Crippen LogP) is 1.10. The lowest BCUT2D eigenvalue weighted by Gasteiger charge is -2.18. The van der Waals surface area contributed by atoms with Gasteiger partial charge in [-0.05, 0) is 41.9 Å². The van der Waals surface area contributed by atoms with Crippen molar-refractivity contribution in [2.75, 3.05) is 20.1 Å². The number of benzene rings is 1. The largest absolute Gasteiger partial charge is 0.352 e. The molecular weight excluding hydrogens is 398 g/mol. The zero-order valence-electron chi connectivity index (χ0n) is 13.9. The number of likely N-dealkylation sites (N-methyl/N-ethyl adjacent to an activating group) is 1. The number of carbonyl (C=O) groups is 2. The van der Waals surface area contributed by atoms with E-state index in [0.717, 1.165) is 0 Å². The van der Waals surface area contributed by atoms with E-state index < -0.39 is 10.0 Å². The van der Waals surface area contributed by atoms with Gasteiger partial charge in [-0.15, -0.1) is 0 Å². The SMILES string of the molecule is CC(C)NC(=O)CN(C)C(=O)CCNS(=O)(=O)c1ccccc1Br. The second-order valence-electron chi connectivity index (χ2n) is 5.55. The topological polar surface area (TPSA) is 95.6 Å². The van der Waals surface area contributed by atoms with Crippen molar-refractivity contribution in [2.24, 2.45) is 0 Å². The lowest BCUT2D eigenvalue weighted by Crippen LogP contribution is -2.41. The zero-order valence-corrected chi connectivity index (χ0v) is 16.3. The van der Waals surface area contributed by atoms with Gasteiger partial charge in [0.25, 0.3) is 0 Å². The molecule has 1 rings (SSSR count). The van der Waals surface area contributed by atoms with Gasteiger partial charge in [-0.3, -0.25) is 9.59 Å². The second-order valence-corrected chi connectivity index (χ2v) is 8.14. The maximum atomic E-state index is 12.2. The summed E-state index contributed by atoms with van der Waals surface area (Å²) in [5.74, 6) is -0.571. The Morgan fingerprint density at radius 1 is 1.25 bits per heavy atom. The van der Waals surface area contributed by atoms with E-state index in [1.54, 1.807) is 18.2 Å². The Kier molecular flexibility index (Phi) is 7.85. The van der Waals surface area contributed by atoms with E-state index in [-0.39, 0.29) is 42.3 Å². The van der Waals surface area contributed by atoms with Crippen LogP contribution in [-0.2, 0) is 19.6 Å². The Hall–Kier alpha value is -1.45. The van der Waals surface area contributed by atoms with Crippen molar-refractivity contribution in [2.45, 2.75) is 31.2 Å². The standard InChI is InChI=1S/C15H22BrN3O4S/c1-11(2)18-14(20)10-19(3)15(21)8-9-17-24(22,23)13-7-5-4-6-12(13)16/h4-7,11,17H,8-10H2,1-3H3,(H,18,20). The third kappa shape index (κ3) is 6.58. The molecule has 2 N–H and O–H groups in total. The van der Waals surface area contributed by atoms with Crippen LogP contribution in [-0.4, -0.2) is 51.3 Å². The minimum atomic E-state index is -3.70. The summed E-state index contributed by atoms with van der Waals surface area (Å²) in [4.78, 5) is 24.9. The summed E-state index contributed by atoms with van der Waals surface area (Å²) in [5.41, 5.74) is 0. The summed E-state index contributed by atoms with van der Waals surface area (Å²) in [6.07, 6.45) is -0.0326. The summed E-state index contributed by atoms with van der Waals surface area (Å²) in [5, 5.41) is 2.69. The number of hydrogen-bond acceptors (Lipinski definition) is 4. The van der Waals surface area contributed by atoms with Crippen LogP contribution in [0.2, 0.25) is 0 Å². The quantitative estimate of drug-likeness (QED) is 0.659. The fourth-order valence-electron chi connectivity index (χ4n) is 1.89. The summed E-state index contributed by atoms with van der Waals surface area (Å²) in [6, 6.07) is 6.42. The average Bonchev–Trinajstić information content (AvgIpc) is 2.46. The molecule has 2 amide bonds. The molecule has 134 valence electrons. The highest BCUT2D eigenvalue weighted by atomic mass is 79.9. The van der Waals surface area contributed by atoms with Crippen LogP contribution < -0.4 is 10.0 Å². The molecule has 0 aromatic heterocycles. The van der Waals surface area contributed by atoms with Crippen LogP contribution in [0.1, 0.15) is 20.3 Å². The molecule has 7 nitrogen and oxygen atoms in total. The van der Waals surface area contributed by atoms with Crippen molar-refractivity contribution in [1.29, 1.82) is 0 Å². The summed E-state index contributed by atoms with van der Waals surface area (Å²) in [7, 11) is -2.19. The maximum Gasteiger partial charge on any atom is 0.241 e. The molecule has 0 spiro atoms. The molecule has 0 atom stereocenters. The number of nitrogens with one attached hydrogen (secondary N) is 2. The number of halogens is 1. The third-order valence-corrected chi connectivity index (χ3v) is 5.49. The van der Waals surface area contributed by atoms with E-state index in [2.05, 4.69) is 26.0 Å². The Bertz CT molecular complexity index is 692. The summed E-state index contributed by atoms with van der Waals surface area (Å²) in [6.45, 7) is 3.55. The van der Waals surface area contributed by atoms with Gasteiger partial charge in [0.2, 0.25) is 21.8 Å². The van der Waals surface area contributed by atoms with Gasteiger partial charge in [-0.2, -0.15) is 0 Å². The molecule has 0 saturated heterocycles. The Morgan fingerprint density at radius 3 is 2.46 bits per heavy atom. The molecule has 0 aliphatic heterocycles. The van der Waals surface area contributed by atoms with Gasteiger partial charge < -0.3 is 10.2 Å². The van der Waals surface area contributed by atoms with Crippen molar-refractivity contribution >= 4 is 37.8 Å². The van der Waals surface area contributed by atoms with Crippen molar-refractivity contribution in [3.63, 3.8) is 0 Å². The van der Waals surface area contributed by atoms with Crippen molar-refractivity contribution in [3.8, 4) is 0 Å². The molecule has 0 aliphatic carbocycles. The fraction of sp³-hybridized carbons (Fsp3) is 0.467. The van der Waals surface area contributed by atoms with Gasteiger partial charge >= 0.3 is 0 Å². The van der Waals surface area contributed by atoms with E-state index in [0.29, 0.717) is 4.47 Å².